The maximum Gasteiger partial charge on any atom is 0.318 e. The quantitative estimate of drug-likeness (QED) is 0.712. The number of nitrogens with one attached hydrogen (secondary N) is 1. The SMILES string of the molecule is CC(C(=O)NC(N)=O)N(C)c1cc(Cl)ccc1N. The van der Waals surface area contributed by atoms with Crippen molar-refractivity contribution < 1.29 is 9.59 Å². The lowest BCUT2D eigenvalue weighted by Gasteiger charge is -2.26. The van der Waals surface area contributed by atoms with Crippen LogP contribution < -0.4 is 21.7 Å². The molecule has 0 bridgehead atoms. The molecule has 0 aliphatic heterocycles. The van der Waals surface area contributed by atoms with Crippen LogP contribution in [0.5, 0.6) is 0 Å². The van der Waals surface area contributed by atoms with Gasteiger partial charge in [0.2, 0.25) is 5.91 Å². The van der Waals surface area contributed by atoms with E-state index in [0.717, 1.165) is 0 Å². The molecule has 0 aliphatic rings. The van der Waals surface area contributed by atoms with Gasteiger partial charge in [0.05, 0.1) is 11.4 Å². The van der Waals surface area contributed by atoms with Gasteiger partial charge < -0.3 is 16.4 Å². The van der Waals surface area contributed by atoms with E-state index in [4.69, 9.17) is 23.1 Å². The van der Waals surface area contributed by atoms with Crippen molar-refractivity contribution in [3.63, 3.8) is 0 Å². The van der Waals surface area contributed by atoms with Gasteiger partial charge in [0.25, 0.3) is 0 Å². The third kappa shape index (κ3) is 3.27. The van der Waals surface area contributed by atoms with Crippen molar-refractivity contribution in [3.8, 4) is 0 Å². The molecule has 0 aliphatic carbocycles. The largest absolute Gasteiger partial charge is 0.397 e. The van der Waals surface area contributed by atoms with Crippen LogP contribution in [0.4, 0.5) is 16.2 Å². The first-order chi connectivity index (χ1) is 8.32. The van der Waals surface area contributed by atoms with E-state index in [1.54, 1.807) is 37.1 Å². The predicted molar refractivity (Wildman–Crippen MR) is 71.5 cm³/mol. The molecule has 0 saturated carbocycles. The number of nitrogens with zero attached hydrogens (tertiary/aromatic N) is 1. The smallest absolute Gasteiger partial charge is 0.318 e. The molecular formula is C11H15ClN4O2. The molecule has 0 spiro atoms. The number of nitrogen functional groups attached to an aromatic ring is 1. The Bertz CT molecular complexity index is 478. The maximum absolute atomic E-state index is 11.6. The lowest BCUT2D eigenvalue weighted by Crippen LogP contribution is -2.47. The van der Waals surface area contributed by atoms with Crippen molar-refractivity contribution in [2.45, 2.75) is 13.0 Å². The molecule has 0 heterocycles. The van der Waals surface area contributed by atoms with E-state index >= 15 is 0 Å². The van der Waals surface area contributed by atoms with Crippen LogP contribution in [0.2, 0.25) is 5.02 Å². The summed E-state index contributed by atoms with van der Waals surface area (Å²) in [7, 11) is 1.67. The van der Waals surface area contributed by atoms with Gasteiger partial charge in [-0.3, -0.25) is 10.1 Å². The van der Waals surface area contributed by atoms with Crippen LogP contribution >= 0.6 is 11.6 Å². The summed E-state index contributed by atoms with van der Waals surface area (Å²) in [6.45, 7) is 1.62. The Hall–Kier alpha value is -1.95. The van der Waals surface area contributed by atoms with E-state index in [1.807, 2.05) is 5.32 Å². The zero-order valence-electron chi connectivity index (χ0n) is 10.1. The van der Waals surface area contributed by atoms with Gasteiger partial charge in [-0.1, -0.05) is 11.6 Å². The minimum atomic E-state index is -0.890. The lowest BCUT2D eigenvalue weighted by atomic mass is 10.2. The zero-order chi connectivity index (χ0) is 13.9. The Kier molecular flexibility index (Phi) is 4.38. The summed E-state index contributed by atoms with van der Waals surface area (Å²) in [6, 6.07) is 3.44. The number of imide groups is 1. The molecule has 1 aromatic rings. The summed E-state index contributed by atoms with van der Waals surface area (Å²) in [6.07, 6.45) is 0. The van der Waals surface area contributed by atoms with Crippen molar-refractivity contribution in [3.05, 3.63) is 23.2 Å². The van der Waals surface area contributed by atoms with Crippen molar-refractivity contribution in [1.29, 1.82) is 0 Å². The van der Waals surface area contributed by atoms with Crippen LogP contribution in [-0.2, 0) is 4.79 Å². The predicted octanol–water partition coefficient (Wildman–Crippen LogP) is 0.942. The number of halogens is 1. The number of primary amides is 1. The highest BCUT2D eigenvalue weighted by Crippen LogP contribution is 2.27. The molecule has 1 aromatic carbocycles. The minimum absolute atomic E-state index is 0.487. The molecule has 1 atom stereocenters. The molecule has 5 N–H and O–H groups in total. The van der Waals surface area contributed by atoms with Gasteiger partial charge >= 0.3 is 6.03 Å². The number of carbonyl (C=O) groups is 2. The number of urea groups is 1. The molecule has 6 nitrogen and oxygen atoms in total. The highest BCUT2D eigenvalue weighted by molar-refractivity contribution is 6.31. The van der Waals surface area contributed by atoms with E-state index in [2.05, 4.69) is 0 Å². The zero-order valence-corrected chi connectivity index (χ0v) is 10.9. The van der Waals surface area contributed by atoms with Crippen molar-refractivity contribution in [1.82, 2.24) is 5.32 Å². The lowest BCUT2D eigenvalue weighted by molar-refractivity contribution is -0.120. The third-order valence-electron chi connectivity index (χ3n) is 2.58. The Balaban J connectivity index is 2.92. The fraction of sp³-hybridized carbons (Fsp3) is 0.273. The average molecular weight is 271 g/mol. The standard InChI is InChI=1S/C11H15ClN4O2/c1-6(10(17)15-11(14)18)16(2)9-5-7(12)3-4-8(9)13/h3-6H,13H2,1-2H3,(H3,14,15,17,18). The summed E-state index contributed by atoms with van der Waals surface area (Å²) < 4.78 is 0. The van der Waals surface area contributed by atoms with E-state index in [1.165, 1.54) is 0 Å². The Labute approximate surface area is 110 Å². The van der Waals surface area contributed by atoms with Crippen LogP contribution in [0.25, 0.3) is 0 Å². The minimum Gasteiger partial charge on any atom is -0.397 e. The van der Waals surface area contributed by atoms with Gasteiger partial charge in [-0.05, 0) is 25.1 Å². The normalized spacial score (nSPS) is 11.7. The van der Waals surface area contributed by atoms with Gasteiger partial charge in [-0.2, -0.15) is 0 Å². The van der Waals surface area contributed by atoms with E-state index in [-0.39, 0.29) is 0 Å². The van der Waals surface area contributed by atoms with Crippen LogP contribution in [0.1, 0.15) is 6.92 Å². The van der Waals surface area contributed by atoms with E-state index in [0.29, 0.717) is 16.4 Å². The molecule has 0 aromatic heterocycles. The monoisotopic (exact) mass is 270 g/mol. The molecule has 18 heavy (non-hydrogen) atoms. The molecule has 0 fully saturated rings. The molecular weight excluding hydrogens is 256 g/mol. The fourth-order valence-corrected chi connectivity index (χ4v) is 1.60. The average Bonchev–Trinajstić information content (AvgIpc) is 2.29. The molecule has 7 heteroatoms. The van der Waals surface area contributed by atoms with Crippen molar-refractivity contribution >= 4 is 34.9 Å². The van der Waals surface area contributed by atoms with Crippen LogP contribution in [0.15, 0.2) is 18.2 Å². The Morgan fingerprint density at radius 2 is 2.06 bits per heavy atom. The number of amides is 3. The first kappa shape index (κ1) is 14.1. The second-order valence-corrected chi connectivity index (χ2v) is 4.28. The van der Waals surface area contributed by atoms with Crippen LogP contribution in [-0.4, -0.2) is 25.0 Å². The van der Waals surface area contributed by atoms with Crippen molar-refractivity contribution in [2.24, 2.45) is 5.73 Å². The van der Waals surface area contributed by atoms with Gasteiger partial charge in [-0.25, -0.2) is 4.79 Å². The van der Waals surface area contributed by atoms with Crippen LogP contribution in [0, 0.1) is 0 Å². The summed E-state index contributed by atoms with van der Waals surface area (Å²) in [5.74, 6) is -0.510. The van der Waals surface area contributed by atoms with E-state index in [9.17, 15) is 9.59 Å². The number of likely N-dealkylation sites (N-methyl/N-ethyl adjacent to an activating group) is 1. The summed E-state index contributed by atoms with van der Waals surface area (Å²) >= 11 is 5.87. The number of hydrogen-bond donors (Lipinski definition) is 3. The van der Waals surface area contributed by atoms with Gasteiger partial charge in [-0.15, -0.1) is 0 Å². The summed E-state index contributed by atoms with van der Waals surface area (Å²) in [5, 5.41) is 2.52. The molecule has 1 rings (SSSR count). The molecule has 3 amide bonds. The van der Waals surface area contributed by atoms with Gasteiger partial charge in [0, 0.05) is 12.1 Å². The summed E-state index contributed by atoms with van der Waals surface area (Å²) in [5.41, 5.74) is 11.8. The van der Waals surface area contributed by atoms with Crippen LogP contribution in [0.3, 0.4) is 0 Å². The number of nitrogens with two attached hydrogens (primary N) is 2. The number of benzene rings is 1. The third-order valence-corrected chi connectivity index (χ3v) is 2.81. The number of anilines is 2. The fourth-order valence-electron chi connectivity index (χ4n) is 1.43. The maximum atomic E-state index is 11.6. The Morgan fingerprint density at radius 1 is 1.44 bits per heavy atom. The van der Waals surface area contributed by atoms with Crippen molar-refractivity contribution in [2.75, 3.05) is 17.7 Å². The topological polar surface area (TPSA) is 101 Å². The highest BCUT2D eigenvalue weighted by Gasteiger charge is 2.21. The van der Waals surface area contributed by atoms with Gasteiger partial charge in [0.15, 0.2) is 0 Å². The first-order valence-corrected chi connectivity index (χ1v) is 5.59. The Morgan fingerprint density at radius 3 is 2.61 bits per heavy atom. The molecule has 98 valence electrons. The second kappa shape index (κ2) is 5.59. The number of rotatable bonds is 3. The molecule has 0 radical (unpaired) electrons. The molecule has 0 saturated heterocycles. The van der Waals surface area contributed by atoms with Gasteiger partial charge in [0.1, 0.15) is 6.04 Å². The first-order valence-electron chi connectivity index (χ1n) is 5.21. The number of carbonyl (C=O) groups excluding carboxylic acids is 2. The molecule has 1 unspecified atom stereocenters. The number of hydrogen-bond acceptors (Lipinski definition) is 4. The second-order valence-electron chi connectivity index (χ2n) is 3.84. The van der Waals surface area contributed by atoms with E-state index < -0.39 is 18.0 Å². The highest BCUT2D eigenvalue weighted by atomic mass is 35.5. The summed E-state index contributed by atoms with van der Waals surface area (Å²) in [4.78, 5) is 23.9.